The second kappa shape index (κ2) is 10.4. The van der Waals surface area contributed by atoms with Crippen LogP contribution in [0.15, 0.2) is 115 Å². The summed E-state index contributed by atoms with van der Waals surface area (Å²) in [5.41, 5.74) is 17.2. The van der Waals surface area contributed by atoms with Crippen LogP contribution in [0, 0.1) is 0 Å². The van der Waals surface area contributed by atoms with Gasteiger partial charge in [0, 0.05) is 27.9 Å². The number of hydrogen-bond acceptors (Lipinski definition) is 1. The van der Waals surface area contributed by atoms with Gasteiger partial charge in [-0.05, 0) is 114 Å². The van der Waals surface area contributed by atoms with Crippen molar-refractivity contribution in [2.45, 2.75) is 90.9 Å². The van der Waals surface area contributed by atoms with E-state index in [1.807, 2.05) is 0 Å². The van der Waals surface area contributed by atoms with Gasteiger partial charge >= 0.3 is 0 Å². The molecular weight excluding hydrogens is 591 g/mol. The fourth-order valence-electron chi connectivity index (χ4n) is 8.65. The Morgan fingerprint density at radius 3 is 1.55 bits per heavy atom. The van der Waals surface area contributed by atoms with Crippen LogP contribution < -0.4 is 4.90 Å². The number of anilines is 3. The van der Waals surface area contributed by atoms with Gasteiger partial charge in [0.1, 0.15) is 0 Å². The van der Waals surface area contributed by atoms with Crippen molar-refractivity contribution in [1.82, 2.24) is 0 Å². The first-order valence-corrected chi connectivity index (χ1v) is 17.9. The standard InChI is InChI=1S/C48H49N/c1-45(2,3)31-19-22-37-39-24-21-33(28-44(39)48(9,10)42(37)26-31)49(34-25-30-15-11-12-16-35(30)41(29-34)46(4,5)6)32-20-23-38-36-17-13-14-18-40(36)47(7,8)43(38)27-32/h11-29H,1-10H3. The lowest BCUT2D eigenvalue weighted by atomic mass is 9.79. The van der Waals surface area contributed by atoms with Crippen LogP contribution in [0.3, 0.4) is 0 Å². The highest BCUT2D eigenvalue weighted by Crippen LogP contribution is 2.54. The van der Waals surface area contributed by atoms with E-state index in [9.17, 15) is 0 Å². The maximum Gasteiger partial charge on any atom is 0.0470 e. The van der Waals surface area contributed by atoms with E-state index in [-0.39, 0.29) is 21.7 Å². The minimum atomic E-state index is -0.116. The van der Waals surface area contributed by atoms with Gasteiger partial charge in [-0.1, -0.05) is 148 Å². The monoisotopic (exact) mass is 639 g/mol. The topological polar surface area (TPSA) is 3.24 Å². The Morgan fingerprint density at radius 2 is 0.939 bits per heavy atom. The molecule has 0 aliphatic heterocycles. The smallest absolute Gasteiger partial charge is 0.0470 e. The summed E-state index contributed by atoms with van der Waals surface area (Å²) >= 11 is 0. The molecule has 0 saturated carbocycles. The predicted molar refractivity (Wildman–Crippen MR) is 211 cm³/mol. The Kier molecular flexibility index (Phi) is 6.74. The Labute approximate surface area is 293 Å². The number of hydrogen-bond donors (Lipinski definition) is 0. The molecule has 1 heteroatoms. The second-order valence-corrected chi connectivity index (χ2v) is 17.6. The summed E-state index contributed by atoms with van der Waals surface area (Å²) in [6.07, 6.45) is 0. The van der Waals surface area contributed by atoms with E-state index in [0.717, 1.165) is 0 Å². The minimum Gasteiger partial charge on any atom is -0.310 e. The molecular formula is C48H49N. The number of benzene rings is 6. The van der Waals surface area contributed by atoms with Gasteiger partial charge in [0.25, 0.3) is 0 Å². The molecule has 6 aromatic carbocycles. The van der Waals surface area contributed by atoms with Crippen LogP contribution in [-0.4, -0.2) is 0 Å². The molecule has 0 spiro atoms. The molecule has 1 nitrogen and oxygen atoms in total. The van der Waals surface area contributed by atoms with Gasteiger partial charge in [-0.25, -0.2) is 0 Å². The average Bonchev–Trinajstić information content (AvgIpc) is 3.42. The highest BCUT2D eigenvalue weighted by Gasteiger charge is 2.38. The van der Waals surface area contributed by atoms with Crippen LogP contribution in [0.2, 0.25) is 0 Å². The van der Waals surface area contributed by atoms with Crippen molar-refractivity contribution in [3.63, 3.8) is 0 Å². The summed E-state index contributed by atoms with van der Waals surface area (Å²) in [5.74, 6) is 0. The van der Waals surface area contributed by atoms with Crippen LogP contribution in [0.25, 0.3) is 33.0 Å². The summed E-state index contributed by atoms with van der Waals surface area (Å²) in [7, 11) is 0. The van der Waals surface area contributed by atoms with Gasteiger partial charge < -0.3 is 4.90 Å². The summed E-state index contributed by atoms with van der Waals surface area (Å²) in [4.78, 5) is 2.51. The third-order valence-corrected chi connectivity index (χ3v) is 11.5. The number of nitrogens with zero attached hydrogens (tertiary/aromatic N) is 1. The maximum absolute atomic E-state index is 2.51. The highest BCUT2D eigenvalue weighted by atomic mass is 15.1. The first-order valence-electron chi connectivity index (χ1n) is 17.9. The van der Waals surface area contributed by atoms with Crippen LogP contribution in [0.4, 0.5) is 17.1 Å². The van der Waals surface area contributed by atoms with Crippen LogP contribution in [-0.2, 0) is 21.7 Å². The third-order valence-electron chi connectivity index (χ3n) is 11.5. The molecule has 0 saturated heterocycles. The first-order chi connectivity index (χ1) is 23.1. The van der Waals surface area contributed by atoms with E-state index in [0.29, 0.717) is 0 Å². The molecule has 0 unspecified atom stereocenters. The molecule has 0 heterocycles. The largest absolute Gasteiger partial charge is 0.310 e. The van der Waals surface area contributed by atoms with Gasteiger partial charge in [-0.15, -0.1) is 0 Å². The fraction of sp³-hybridized carbons (Fsp3) is 0.292. The summed E-state index contributed by atoms with van der Waals surface area (Å²) in [5, 5.41) is 2.59. The molecule has 8 rings (SSSR count). The molecule has 2 aliphatic carbocycles. The zero-order valence-electron chi connectivity index (χ0n) is 30.9. The van der Waals surface area contributed by atoms with E-state index in [2.05, 4.69) is 189 Å². The van der Waals surface area contributed by atoms with Crippen molar-refractivity contribution in [1.29, 1.82) is 0 Å². The predicted octanol–water partition coefficient (Wildman–Crippen LogP) is 13.5. The Bertz CT molecular complexity index is 2300. The molecule has 0 aromatic heterocycles. The molecule has 49 heavy (non-hydrogen) atoms. The van der Waals surface area contributed by atoms with Crippen molar-refractivity contribution in [2.75, 3.05) is 4.90 Å². The Morgan fingerprint density at radius 1 is 0.429 bits per heavy atom. The molecule has 6 aromatic rings. The van der Waals surface area contributed by atoms with Gasteiger partial charge in [0.15, 0.2) is 0 Å². The molecule has 0 N–H and O–H groups in total. The molecule has 0 bridgehead atoms. The van der Waals surface area contributed by atoms with Crippen molar-refractivity contribution in [3.8, 4) is 22.3 Å². The lowest BCUT2D eigenvalue weighted by Gasteiger charge is -2.31. The van der Waals surface area contributed by atoms with E-state index < -0.39 is 0 Å². The van der Waals surface area contributed by atoms with Crippen LogP contribution in [0.1, 0.15) is 103 Å². The average molecular weight is 640 g/mol. The molecule has 2 aliphatic rings. The van der Waals surface area contributed by atoms with E-state index in [4.69, 9.17) is 0 Å². The van der Waals surface area contributed by atoms with Crippen molar-refractivity contribution >= 4 is 27.8 Å². The van der Waals surface area contributed by atoms with Gasteiger partial charge in [0.05, 0.1) is 0 Å². The van der Waals surface area contributed by atoms with Crippen molar-refractivity contribution in [3.05, 3.63) is 149 Å². The quantitative estimate of drug-likeness (QED) is 0.186. The lowest BCUT2D eigenvalue weighted by Crippen LogP contribution is -2.19. The van der Waals surface area contributed by atoms with Crippen LogP contribution in [0.5, 0.6) is 0 Å². The second-order valence-electron chi connectivity index (χ2n) is 17.6. The SMILES string of the molecule is CC(C)(C)c1ccc2c(c1)C(C)(C)c1cc(N(c3ccc4c(c3)C(C)(C)c3ccccc3-4)c3cc(C(C)(C)C)c4ccccc4c3)ccc1-2. The number of rotatable bonds is 3. The molecule has 0 fully saturated rings. The third kappa shape index (κ3) is 4.80. The van der Waals surface area contributed by atoms with Crippen LogP contribution >= 0.6 is 0 Å². The van der Waals surface area contributed by atoms with E-state index in [1.165, 1.54) is 83.5 Å². The Balaban J connectivity index is 1.36. The van der Waals surface area contributed by atoms with Gasteiger partial charge in [-0.2, -0.15) is 0 Å². The normalized spacial score (nSPS) is 15.5. The zero-order valence-corrected chi connectivity index (χ0v) is 30.9. The first kappa shape index (κ1) is 31.6. The van der Waals surface area contributed by atoms with E-state index >= 15 is 0 Å². The fourth-order valence-corrected chi connectivity index (χ4v) is 8.65. The lowest BCUT2D eigenvalue weighted by molar-refractivity contribution is 0.584. The number of fused-ring (bicyclic) bond motifs is 7. The van der Waals surface area contributed by atoms with Crippen molar-refractivity contribution < 1.29 is 0 Å². The molecule has 0 radical (unpaired) electrons. The highest BCUT2D eigenvalue weighted by molar-refractivity contribution is 5.94. The maximum atomic E-state index is 2.51. The van der Waals surface area contributed by atoms with Gasteiger partial charge in [-0.3, -0.25) is 0 Å². The van der Waals surface area contributed by atoms with E-state index in [1.54, 1.807) is 0 Å². The minimum absolute atomic E-state index is 0.0187. The van der Waals surface area contributed by atoms with Gasteiger partial charge in [0.2, 0.25) is 0 Å². The Hall–Kier alpha value is -4.62. The molecule has 0 atom stereocenters. The summed E-state index contributed by atoms with van der Waals surface area (Å²) < 4.78 is 0. The molecule has 0 amide bonds. The van der Waals surface area contributed by atoms with Crippen molar-refractivity contribution in [2.24, 2.45) is 0 Å². The summed E-state index contributed by atoms with van der Waals surface area (Å²) in [6.45, 7) is 23.5. The molecule has 246 valence electrons. The zero-order chi connectivity index (χ0) is 34.7. The summed E-state index contributed by atoms with van der Waals surface area (Å²) in [6, 6.07) is 44.2.